The van der Waals surface area contributed by atoms with Gasteiger partial charge in [-0.15, -0.1) is 0 Å². The van der Waals surface area contributed by atoms with Gasteiger partial charge in [0.25, 0.3) is 5.91 Å². The number of rotatable bonds is 8. The van der Waals surface area contributed by atoms with Crippen LogP contribution in [-0.2, 0) is 20.4 Å². The second kappa shape index (κ2) is 10.4. The topological polar surface area (TPSA) is 104 Å². The van der Waals surface area contributed by atoms with Crippen LogP contribution in [0.5, 0.6) is 0 Å². The van der Waals surface area contributed by atoms with Crippen LogP contribution in [0.15, 0.2) is 54.1 Å². The number of nitrogens with one attached hydrogen (secondary N) is 3. The summed E-state index contributed by atoms with van der Waals surface area (Å²) in [6.45, 7) is 0.556. The lowest BCUT2D eigenvalue weighted by Gasteiger charge is -2.27. The van der Waals surface area contributed by atoms with E-state index in [4.69, 9.17) is 0 Å². The molecule has 1 heterocycles. The predicted molar refractivity (Wildman–Crippen MR) is 130 cm³/mol. The molecule has 2 aromatic carbocycles. The van der Waals surface area contributed by atoms with Crippen LogP contribution < -0.4 is 16.0 Å². The van der Waals surface area contributed by atoms with Crippen LogP contribution in [0.25, 0.3) is 0 Å². The SMILES string of the molecule is O=C(NCCC1=CCCCC1)c1ccc2c(c1)NC(=O)[C@H](CS(=O)(=O)Cc1ccc(F)cc1)N2. The zero-order valence-electron chi connectivity index (χ0n) is 18.8. The highest BCUT2D eigenvalue weighted by atomic mass is 32.2. The summed E-state index contributed by atoms with van der Waals surface area (Å²) in [7, 11) is -3.64. The van der Waals surface area contributed by atoms with Crippen molar-refractivity contribution in [3.05, 3.63) is 71.1 Å². The van der Waals surface area contributed by atoms with E-state index in [-0.39, 0.29) is 11.7 Å². The fraction of sp³-hybridized carbons (Fsp3) is 0.360. The van der Waals surface area contributed by atoms with E-state index in [1.807, 2.05) is 0 Å². The molecule has 7 nitrogen and oxygen atoms in total. The van der Waals surface area contributed by atoms with E-state index in [1.165, 1.54) is 42.7 Å². The molecule has 1 aliphatic carbocycles. The zero-order chi connectivity index (χ0) is 24.1. The third-order valence-electron chi connectivity index (χ3n) is 6.02. The van der Waals surface area contributed by atoms with Crippen molar-refractivity contribution in [2.45, 2.75) is 43.9 Å². The number of benzene rings is 2. The van der Waals surface area contributed by atoms with Gasteiger partial charge in [0.1, 0.15) is 11.9 Å². The number of carbonyl (C=O) groups excluding carboxylic acids is 2. The van der Waals surface area contributed by atoms with E-state index >= 15 is 0 Å². The molecule has 9 heteroatoms. The zero-order valence-corrected chi connectivity index (χ0v) is 19.6. The second-order valence-electron chi connectivity index (χ2n) is 8.74. The van der Waals surface area contributed by atoms with E-state index in [2.05, 4.69) is 22.0 Å². The summed E-state index contributed by atoms with van der Waals surface area (Å²) in [6, 6.07) is 9.14. The van der Waals surface area contributed by atoms with Gasteiger partial charge in [-0.05, 0) is 68.0 Å². The van der Waals surface area contributed by atoms with Crippen LogP contribution >= 0.6 is 0 Å². The fourth-order valence-corrected chi connectivity index (χ4v) is 5.78. The Labute approximate surface area is 198 Å². The lowest BCUT2D eigenvalue weighted by molar-refractivity contribution is -0.116. The molecule has 2 aliphatic rings. The van der Waals surface area contributed by atoms with Crippen LogP contribution in [0.2, 0.25) is 0 Å². The standard InChI is InChI=1S/C25H28FN3O4S/c26-20-9-6-18(7-10-20)15-34(32,33)16-23-25(31)29-22-14-19(8-11-21(22)28-23)24(30)27-13-12-17-4-2-1-3-5-17/h4,6-11,14,23,28H,1-3,5,12-13,15-16H2,(H,27,30)(H,29,31)/t23-/m0/s1. The molecule has 0 bridgehead atoms. The van der Waals surface area contributed by atoms with Gasteiger partial charge in [0.15, 0.2) is 9.84 Å². The number of allylic oxidation sites excluding steroid dienone is 1. The van der Waals surface area contributed by atoms with E-state index < -0.39 is 33.4 Å². The summed E-state index contributed by atoms with van der Waals surface area (Å²) < 4.78 is 38.3. The summed E-state index contributed by atoms with van der Waals surface area (Å²) >= 11 is 0. The van der Waals surface area contributed by atoms with E-state index in [9.17, 15) is 22.4 Å². The Morgan fingerprint density at radius 3 is 2.62 bits per heavy atom. The molecule has 2 amide bonds. The van der Waals surface area contributed by atoms with Crippen molar-refractivity contribution in [3.63, 3.8) is 0 Å². The Hall–Kier alpha value is -3.20. The summed E-state index contributed by atoms with van der Waals surface area (Å²) in [5.41, 5.74) is 3.23. The van der Waals surface area contributed by atoms with E-state index in [0.29, 0.717) is 29.0 Å². The molecule has 3 N–H and O–H groups in total. The van der Waals surface area contributed by atoms with E-state index in [0.717, 1.165) is 19.3 Å². The highest BCUT2D eigenvalue weighted by Crippen LogP contribution is 2.28. The minimum atomic E-state index is -3.64. The summed E-state index contributed by atoms with van der Waals surface area (Å²) in [5.74, 6) is -1.86. The number of halogens is 1. The number of amides is 2. The first-order valence-corrected chi connectivity index (χ1v) is 13.2. The Kier molecular flexibility index (Phi) is 7.31. The van der Waals surface area contributed by atoms with Crippen molar-refractivity contribution in [3.8, 4) is 0 Å². The van der Waals surface area contributed by atoms with Crippen LogP contribution in [0, 0.1) is 5.82 Å². The van der Waals surface area contributed by atoms with Crippen molar-refractivity contribution >= 4 is 33.0 Å². The highest BCUT2D eigenvalue weighted by molar-refractivity contribution is 7.90. The second-order valence-corrected chi connectivity index (χ2v) is 10.9. The molecular weight excluding hydrogens is 457 g/mol. The van der Waals surface area contributed by atoms with Gasteiger partial charge >= 0.3 is 0 Å². The number of hydrogen-bond acceptors (Lipinski definition) is 5. The first-order valence-electron chi connectivity index (χ1n) is 11.4. The molecule has 2 aromatic rings. The molecule has 1 atom stereocenters. The monoisotopic (exact) mass is 485 g/mol. The smallest absolute Gasteiger partial charge is 0.251 e. The van der Waals surface area contributed by atoms with Gasteiger partial charge in [0, 0.05) is 12.1 Å². The molecule has 4 rings (SSSR count). The number of anilines is 2. The molecule has 0 aromatic heterocycles. The molecule has 0 fully saturated rings. The summed E-state index contributed by atoms with van der Waals surface area (Å²) in [4.78, 5) is 25.1. The molecule has 180 valence electrons. The van der Waals surface area contributed by atoms with Crippen molar-refractivity contribution in [2.24, 2.45) is 0 Å². The number of fused-ring (bicyclic) bond motifs is 1. The largest absolute Gasteiger partial charge is 0.371 e. The Balaban J connectivity index is 1.35. The highest BCUT2D eigenvalue weighted by Gasteiger charge is 2.30. The van der Waals surface area contributed by atoms with Gasteiger partial charge < -0.3 is 16.0 Å². The van der Waals surface area contributed by atoms with Crippen molar-refractivity contribution in [2.75, 3.05) is 22.9 Å². The summed E-state index contributed by atoms with van der Waals surface area (Å²) in [5, 5.41) is 8.58. The Bertz CT molecular complexity index is 1210. The Morgan fingerprint density at radius 1 is 1.09 bits per heavy atom. The maximum atomic E-state index is 13.1. The van der Waals surface area contributed by atoms with Gasteiger partial charge in [-0.3, -0.25) is 9.59 Å². The molecule has 1 aliphatic heterocycles. The van der Waals surface area contributed by atoms with Crippen LogP contribution in [0.3, 0.4) is 0 Å². The third-order valence-corrected chi connectivity index (χ3v) is 7.64. The molecule has 0 saturated carbocycles. The van der Waals surface area contributed by atoms with Crippen molar-refractivity contribution in [1.82, 2.24) is 5.32 Å². The minimum Gasteiger partial charge on any atom is -0.371 e. The normalized spacial score (nSPS) is 17.7. The quantitative estimate of drug-likeness (QED) is 0.494. The average molecular weight is 486 g/mol. The first-order chi connectivity index (χ1) is 16.3. The molecule has 34 heavy (non-hydrogen) atoms. The molecule has 0 spiro atoms. The third kappa shape index (κ3) is 6.22. The van der Waals surface area contributed by atoms with Crippen LogP contribution in [0.1, 0.15) is 48.0 Å². The number of carbonyl (C=O) groups is 2. The predicted octanol–water partition coefficient (Wildman–Crippen LogP) is 3.79. The van der Waals surface area contributed by atoms with Crippen LogP contribution in [-0.4, -0.2) is 38.6 Å². The maximum absolute atomic E-state index is 13.1. The van der Waals surface area contributed by atoms with Crippen LogP contribution in [0.4, 0.5) is 15.8 Å². The van der Waals surface area contributed by atoms with E-state index in [1.54, 1.807) is 18.2 Å². The van der Waals surface area contributed by atoms with Gasteiger partial charge in [-0.1, -0.05) is 23.8 Å². The molecule has 0 radical (unpaired) electrons. The van der Waals surface area contributed by atoms with Crippen molar-refractivity contribution < 1.29 is 22.4 Å². The summed E-state index contributed by atoms with van der Waals surface area (Å²) in [6.07, 6.45) is 7.72. The van der Waals surface area contributed by atoms with Gasteiger partial charge in [-0.25, -0.2) is 12.8 Å². The van der Waals surface area contributed by atoms with Gasteiger partial charge in [0.05, 0.1) is 22.9 Å². The molecule has 0 saturated heterocycles. The Morgan fingerprint density at radius 2 is 1.88 bits per heavy atom. The van der Waals surface area contributed by atoms with Crippen molar-refractivity contribution in [1.29, 1.82) is 0 Å². The van der Waals surface area contributed by atoms with Gasteiger partial charge in [-0.2, -0.15) is 0 Å². The minimum absolute atomic E-state index is 0.225. The maximum Gasteiger partial charge on any atom is 0.251 e. The lowest BCUT2D eigenvalue weighted by atomic mass is 9.97. The number of hydrogen-bond donors (Lipinski definition) is 3. The molecular formula is C25H28FN3O4S. The average Bonchev–Trinajstić information content (AvgIpc) is 2.81. The van der Waals surface area contributed by atoms with Gasteiger partial charge in [0.2, 0.25) is 5.91 Å². The first kappa shape index (κ1) is 23.9. The lowest BCUT2D eigenvalue weighted by Crippen LogP contribution is -2.43. The fourth-order valence-electron chi connectivity index (χ4n) is 4.22. The number of sulfone groups is 1. The molecule has 0 unspecified atom stereocenters.